The molecule has 0 spiro atoms. The van der Waals surface area contributed by atoms with Crippen LogP contribution in [0.2, 0.25) is 0 Å². The Balaban J connectivity index is 1.87. The molecule has 0 saturated heterocycles. The first-order valence-electron chi connectivity index (χ1n) is 8.68. The zero-order chi connectivity index (χ0) is 17.4. The zero-order valence-corrected chi connectivity index (χ0v) is 14.5. The number of benzene rings is 2. The van der Waals surface area contributed by atoms with Crippen LogP contribution in [0.3, 0.4) is 0 Å². The summed E-state index contributed by atoms with van der Waals surface area (Å²) < 4.78 is 16.9. The van der Waals surface area contributed by atoms with Crippen LogP contribution < -0.4 is 19.1 Å². The van der Waals surface area contributed by atoms with E-state index >= 15 is 0 Å². The second-order valence-corrected chi connectivity index (χ2v) is 6.13. The molecule has 5 nitrogen and oxygen atoms in total. The minimum absolute atomic E-state index is 0.0532. The van der Waals surface area contributed by atoms with E-state index in [1.54, 1.807) is 0 Å². The second kappa shape index (κ2) is 6.31. The van der Waals surface area contributed by atoms with Gasteiger partial charge in [0.25, 0.3) is 0 Å². The van der Waals surface area contributed by atoms with Crippen LogP contribution in [0.15, 0.2) is 36.4 Å². The first-order valence-corrected chi connectivity index (χ1v) is 8.68. The van der Waals surface area contributed by atoms with E-state index in [1.165, 1.54) is 0 Å². The van der Waals surface area contributed by atoms with E-state index in [2.05, 4.69) is 0 Å². The summed E-state index contributed by atoms with van der Waals surface area (Å²) in [6.07, 6.45) is 0.421. The van der Waals surface area contributed by atoms with Crippen molar-refractivity contribution in [3.8, 4) is 17.2 Å². The third-order valence-electron chi connectivity index (χ3n) is 4.78. The van der Waals surface area contributed by atoms with Gasteiger partial charge in [0.05, 0.1) is 12.3 Å². The number of nitrogens with zero attached hydrogens (tertiary/aromatic N) is 1. The minimum atomic E-state index is -0.0532. The quantitative estimate of drug-likeness (QED) is 0.852. The Kier molecular flexibility index (Phi) is 3.99. The van der Waals surface area contributed by atoms with E-state index < -0.39 is 0 Å². The van der Waals surface area contributed by atoms with E-state index in [9.17, 15) is 4.79 Å². The predicted molar refractivity (Wildman–Crippen MR) is 94.7 cm³/mol. The normalized spacial score (nSPS) is 18.2. The highest BCUT2D eigenvalue weighted by molar-refractivity contribution is 5.98. The van der Waals surface area contributed by atoms with Gasteiger partial charge in [-0.3, -0.25) is 4.79 Å². The molecule has 0 radical (unpaired) electrons. The highest BCUT2D eigenvalue weighted by atomic mass is 16.7. The largest absolute Gasteiger partial charge is 0.494 e. The van der Waals surface area contributed by atoms with E-state index in [-0.39, 0.29) is 18.6 Å². The lowest BCUT2D eigenvalue weighted by Crippen LogP contribution is -2.36. The monoisotopic (exact) mass is 339 g/mol. The third-order valence-corrected chi connectivity index (χ3v) is 4.78. The Labute approximate surface area is 147 Å². The number of carbonyl (C=O) groups excluding carboxylic acids is 1. The van der Waals surface area contributed by atoms with Crippen molar-refractivity contribution in [2.24, 2.45) is 0 Å². The molecule has 2 heterocycles. The predicted octanol–water partition coefficient (Wildman–Crippen LogP) is 3.70. The summed E-state index contributed by atoms with van der Waals surface area (Å²) in [4.78, 5) is 14.6. The number of fused-ring (bicyclic) bond motifs is 2. The maximum atomic E-state index is 12.8. The van der Waals surface area contributed by atoms with Crippen molar-refractivity contribution < 1.29 is 19.0 Å². The fraction of sp³-hybridized carbons (Fsp3) is 0.350. The van der Waals surface area contributed by atoms with Gasteiger partial charge in [0, 0.05) is 30.5 Å². The average Bonchev–Trinajstić information content (AvgIpc) is 3.08. The van der Waals surface area contributed by atoms with E-state index in [1.807, 2.05) is 55.1 Å². The van der Waals surface area contributed by atoms with Crippen molar-refractivity contribution in [1.29, 1.82) is 0 Å². The van der Waals surface area contributed by atoms with Gasteiger partial charge < -0.3 is 19.1 Å². The van der Waals surface area contributed by atoms with Gasteiger partial charge in [-0.15, -0.1) is 0 Å². The Morgan fingerprint density at radius 2 is 1.88 bits per heavy atom. The number of ether oxygens (including phenoxy) is 3. The molecule has 5 heteroatoms. The van der Waals surface area contributed by atoms with Crippen LogP contribution in [0.5, 0.6) is 17.2 Å². The summed E-state index contributed by atoms with van der Waals surface area (Å²) in [5, 5.41) is 0. The maximum absolute atomic E-state index is 12.8. The molecule has 0 aliphatic carbocycles. The standard InChI is InChI=1S/C20H21NO4/c1-3-21-16-11-19-18(24-12-25-19)9-15(16)14(10-20(21)22)13-7-5-6-8-17(13)23-4-2/h5-9,11,14H,3-4,10,12H2,1-2H3/t14-/m0/s1. The van der Waals surface area contributed by atoms with Gasteiger partial charge in [0.2, 0.25) is 12.7 Å². The first kappa shape index (κ1) is 15.8. The smallest absolute Gasteiger partial charge is 0.231 e. The van der Waals surface area contributed by atoms with E-state index in [0.717, 1.165) is 28.3 Å². The molecule has 2 aliphatic heterocycles. The molecule has 4 rings (SSSR count). The molecule has 0 fully saturated rings. The number of rotatable bonds is 4. The summed E-state index contributed by atoms with van der Waals surface area (Å²) in [6.45, 7) is 5.39. The van der Waals surface area contributed by atoms with Gasteiger partial charge in [0.1, 0.15) is 5.75 Å². The first-order chi connectivity index (χ1) is 12.2. The van der Waals surface area contributed by atoms with Gasteiger partial charge in [0.15, 0.2) is 11.5 Å². The molecule has 2 aromatic carbocycles. The Hall–Kier alpha value is -2.69. The zero-order valence-electron chi connectivity index (χ0n) is 14.5. The highest BCUT2D eigenvalue weighted by Gasteiger charge is 2.35. The molecule has 1 atom stereocenters. The molecule has 0 bridgehead atoms. The number of para-hydroxylation sites is 1. The fourth-order valence-corrected chi connectivity index (χ4v) is 3.67. The van der Waals surface area contributed by atoms with Crippen molar-refractivity contribution in [3.05, 3.63) is 47.5 Å². The van der Waals surface area contributed by atoms with Crippen LogP contribution in [0, 0.1) is 0 Å². The average molecular weight is 339 g/mol. The molecule has 25 heavy (non-hydrogen) atoms. The van der Waals surface area contributed by atoms with Crippen molar-refractivity contribution in [3.63, 3.8) is 0 Å². The summed E-state index contributed by atoms with van der Waals surface area (Å²) in [5.41, 5.74) is 3.02. The molecule has 2 aromatic rings. The highest BCUT2D eigenvalue weighted by Crippen LogP contribution is 2.48. The van der Waals surface area contributed by atoms with Gasteiger partial charge in [-0.05, 0) is 31.5 Å². The van der Waals surface area contributed by atoms with E-state index in [4.69, 9.17) is 14.2 Å². The number of hydrogen-bond donors (Lipinski definition) is 0. The lowest BCUT2D eigenvalue weighted by atomic mass is 9.83. The van der Waals surface area contributed by atoms with Crippen LogP contribution in [-0.4, -0.2) is 25.9 Å². The molecular weight excluding hydrogens is 318 g/mol. The van der Waals surface area contributed by atoms with E-state index in [0.29, 0.717) is 25.3 Å². The van der Waals surface area contributed by atoms with Crippen LogP contribution in [0.1, 0.15) is 37.3 Å². The van der Waals surface area contributed by atoms with Gasteiger partial charge in [-0.25, -0.2) is 0 Å². The second-order valence-electron chi connectivity index (χ2n) is 6.13. The molecule has 130 valence electrons. The Morgan fingerprint density at radius 3 is 2.64 bits per heavy atom. The number of amides is 1. The third kappa shape index (κ3) is 2.60. The molecule has 0 aromatic heterocycles. The molecule has 0 unspecified atom stereocenters. The van der Waals surface area contributed by atoms with Crippen molar-refractivity contribution in [1.82, 2.24) is 0 Å². The van der Waals surface area contributed by atoms with Crippen LogP contribution in [0.4, 0.5) is 5.69 Å². The SMILES string of the molecule is CCOc1ccccc1[C@@H]1CC(=O)N(CC)c2cc3c(cc21)OCO3. The summed E-state index contributed by atoms with van der Waals surface area (Å²) in [7, 11) is 0. The lowest BCUT2D eigenvalue weighted by molar-refractivity contribution is -0.119. The topological polar surface area (TPSA) is 48.0 Å². The maximum Gasteiger partial charge on any atom is 0.231 e. The van der Waals surface area contributed by atoms with Gasteiger partial charge >= 0.3 is 0 Å². The van der Waals surface area contributed by atoms with Crippen molar-refractivity contribution in [2.45, 2.75) is 26.2 Å². The molecule has 0 N–H and O–H groups in total. The number of carbonyl (C=O) groups is 1. The van der Waals surface area contributed by atoms with Crippen LogP contribution in [-0.2, 0) is 4.79 Å². The fourth-order valence-electron chi connectivity index (χ4n) is 3.67. The summed E-state index contributed by atoms with van der Waals surface area (Å²) >= 11 is 0. The van der Waals surface area contributed by atoms with Crippen LogP contribution >= 0.6 is 0 Å². The Bertz CT molecular complexity index is 817. The number of anilines is 1. The summed E-state index contributed by atoms with van der Waals surface area (Å²) in [6, 6.07) is 11.9. The van der Waals surface area contributed by atoms with Gasteiger partial charge in [-0.2, -0.15) is 0 Å². The Morgan fingerprint density at radius 1 is 1.12 bits per heavy atom. The van der Waals surface area contributed by atoms with Crippen LogP contribution in [0.25, 0.3) is 0 Å². The van der Waals surface area contributed by atoms with Gasteiger partial charge in [-0.1, -0.05) is 18.2 Å². The molecule has 2 aliphatic rings. The number of hydrogen-bond acceptors (Lipinski definition) is 4. The molecular formula is C20H21NO4. The molecule has 1 amide bonds. The minimum Gasteiger partial charge on any atom is -0.494 e. The molecule has 0 saturated carbocycles. The van der Waals surface area contributed by atoms with Crippen molar-refractivity contribution in [2.75, 3.05) is 24.8 Å². The summed E-state index contributed by atoms with van der Waals surface area (Å²) in [5.74, 6) is 2.33. The lowest BCUT2D eigenvalue weighted by Gasteiger charge is -2.34. The van der Waals surface area contributed by atoms with Crippen molar-refractivity contribution >= 4 is 11.6 Å².